The molecule has 0 bridgehead atoms. The van der Waals surface area contributed by atoms with Crippen molar-refractivity contribution >= 4 is 62.5 Å². The molecule has 3 aromatic rings. The van der Waals surface area contributed by atoms with Crippen molar-refractivity contribution in [1.82, 2.24) is 19.6 Å². The molecule has 1 amide bonds. The maximum Gasteiger partial charge on any atom is 0.230 e. The number of anilines is 1. The second kappa shape index (κ2) is 8.65. The summed E-state index contributed by atoms with van der Waals surface area (Å²) >= 11 is 21.2. The zero-order valence-corrected chi connectivity index (χ0v) is 18.0. The first-order chi connectivity index (χ1) is 12.8. The Hall–Kier alpha value is -1.54. The maximum absolute atomic E-state index is 12.4. The normalized spacial score (nSPS) is 12.2. The third kappa shape index (κ3) is 5.25. The van der Waals surface area contributed by atoms with Crippen molar-refractivity contribution in [2.75, 3.05) is 5.32 Å². The highest BCUT2D eigenvalue weighted by Crippen LogP contribution is 2.25. The van der Waals surface area contributed by atoms with E-state index in [1.807, 2.05) is 13.0 Å². The number of nitrogens with one attached hydrogen (secondary N) is 1. The Morgan fingerprint density at radius 3 is 2.67 bits per heavy atom. The Kier molecular flexibility index (Phi) is 6.47. The van der Waals surface area contributed by atoms with Crippen LogP contribution in [0.25, 0.3) is 0 Å². The number of hydrogen-bond donors (Lipinski definition) is 1. The van der Waals surface area contributed by atoms with E-state index in [9.17, 15) is 4.79 Å². The minimum absolute atomic E-state index is 0.165. The lowest BCUT2D eigenvalue weighted by molar-refractivity contribution is -0.119. The van der Waals surface area contributed by atoms with E-state index in [2.05, 4.69) is 31.4 Å². The molecular formula is C17H15BrCl3N5O. The first-order valence-electron chi connectivity index (χ1n) is 7.97. The minimum Gasteiger partial charge on any atom is -0.308 e. The van der Waals surface area contributed by atoms with E-state index in [0.29, 0.717) is 38.4 Å². The Balaban J connectivity index is 1.65. The summed E-state index contributed by atoms with van der Waals surface area (Å²) < 4.78 is 4.02. The Morgan fingerprint density at radius 2 is 2.00 bits per heavy atom. The molecule has 0 radical (unpaired) electrons. The second-order valence-electron chi connectivity index (χ2n) is 6.04. The number of amides is 1. The van der Waals surface area contributed by atoms with Crippen molar-refractivity contribution in [2.24, 2.45) is 5.92 Å². The molecule has 3 rings (SSSR count). The summed E-state index contributed by atoms with van der Waals surface area (Å²) in [5.41, 5.74) is 0.946. The zero-order valence-electron chi connectivity index (χ0n) is 14.2. The van der Waals surface area contributed by atoms with Gasteiger partial charge >= 0.3 is 0 Å². The summed E-state index contributed by atoms with van der Waals surface area (Å²) in [6.07, 6.45) is 5.00. The van der Waals surface area contributed by atoms with Gasteiger partial charge in [-0.1, -0.05) is 47.8 Å². The topological polar surface area (TPSA) is 64.7 Å². The van der Waals surface area contributed by atoms with Crippen LogP contribution in [0.15, 0.2) is 41.3 Å². The first-order valence-corrected chi connectivity index (χ1v) is 9.90. The fourth-order valence-electron chi connectivity index (χ4n) is 2.43. The molecule has 142 valence electrons. The Morgan fingerprint density at radius 1 is 1.22 bits per heavy atom. The van der Waals surface area contributed by atoms with E-state index in [1.165, 1.54) is 6.20 Å². The second-order valence-corrected chi connectivity index (χ2v) is 8.15. The van der Waals surface area contributed by atoms with Gasteiger partial charge in [-0.05, 0) is 33.6 Å². The predicted molar refractivity (Wildman–Crippen MR) is 111 cm³/mol. The highest BCUT2D eigenvalue weighted by atomic mass is 79.9. The summed E-state index contributed by atoms with van der Waals surface area (Å²) in [6.45, 7) is 2.72. The molecule has 10 heteroatoms. The number of carbonyl (C=O) groups excluding carboxylic acids is 1. The average Bonchev–Trinajstić information content (AvgIpc) is 3.16. The molecule has 2 aromatic heterocycles. The highest BCUT2D eigenvalue weighted by molar-refractivity contribution is 9.10. The number of rotatable bonds is 6. The lowest BCUT2D eigenvalue weighted by atomic mass is 10.1. The van der Waals surface area contributed by atoms with Gasteiger partial charge in [0.25, 0.3) is 0 Å². The molecule has 0 spiro atoms. The number of carbonyl (C=O) groups is 1. The quantitative estimate of drug-likeness (QED) is 0.520. The van der Waals surface area contributed by atoms with Crippen LogP contribution in [0.3, 0.4) is 0 Å². The molecule has 0 saturated heterocycles. The van der Waals surface area contributed by atoms with E-state index < -0.39 is 0 Å². The van der Waals surface area contributed by atoms with Crippen LogP contribution in [-0.2, 0) is 17.9 Å². The van der Waals surface area contributed by atoms with Gasteiger partial charge in [0, 0.05) is 12.4 Å². The monoisotopic (exact) mass is 489 g/mol. The van der Waals surface area contributed by atoms with E-state index in [1.54, 1.807) is 33.9 Å². The molecule has 1 atom stereocenters. The van der Waals surface area contributed by atoms with Crippen molar-refractivity contribution in [3.05, 3.63) is 61.9 Å². The Labute approximate surface area is 179 Å². The number of nitrogens with zero attached hydrogens (tertiary/aromatic N) is 4. The molecular weight excluding hydrogens is 476 g/mol. The van der Waals surface area contributed by atoms with Crippen LogP contribution >= 0.6 is 50.7 Å². The third-order valence-corrected chi connectivity index (χ3v) is 5.31. The van der Waals surface area contributed by atoms with Crippen LogP contribution in [0.4, 0.5) is 5.82 Å². The van der Waals surface area contributed by atoms with Gasteiger partial charge in [-0.25, -0.2) is 0 Å². The number of hydrogen-bond acceptors (Lipinski definition) is 3. The van der Waals surface area contributed by atoms with Crippen molar-refractivity contribution in [3.8, 4) is 0 Å². The minimum atomic E-state index is -0.312. The first kappa shape index (κ1) is 20.2. The standard InChI is InChI=1S/C17H15BrCl3N5O/c1-10(6-25-8-12(19)5-22-25)17(27)23-16-13(18)9-26(24-16)7-11-2-3-14(20)15(21)4-11/h2-5,8-10H,6-7H2,1H3,(H,23,24,27). The van der Waals surface area contributed by atoms with Crippen molar-refractivity contribution in [3.63, 3.8) is 0 Å². The van der Waals surface area contributed by atoms with Gasteiger partial charge in [0.05, 0.1) is 44.7 Å². The molecule has 0 aliphatic heterocycles. The lowest BCUT2D eigenvalue weighted by Gasteiger charge is -2.11. The molecule has 0 aliphatic rings. The molecule has 1 unspecified atom stereocenters. The molecule has 2 heterocycles. The van der Waals surface area contributed by atoms with E-state index in [4.69, 9.17) is 34.8 Å². The summed E-state index contributed by atoms with van der Waals surface area (Å²) in [5.74, 6) is -0.0272. The lowest BCUT2D eigenvalue weighted by Crippen LogP contribution is -2.25. The molecule has 0 aliphatic carbocycles. The molecule has 0 fully saturated rings. The van der Waals surface area contributed by atoms with Gasteiger partial charge in [-0.3, -0.25) is 14.2 Å². The SMILES string of the molecule is CC(Cn1cc(Cl)cn1)C(=O)Nc1nn(Cc2ccc(Cl)c(Cl)c2)cc1Br. The molecule has 1 aromatic carbocycles. The van der Waals surface area contributed by atoms with Gasteiger partial charge < -0.3 is 5.32 Å². The Bertz CT molecular complexity index is 971. The van der Waals surface area contributed by atoms with Crippen LogP contribution in [0.1, 0.15) is 12.5 Å². The average molecular weight is 492 g/mol. The van der Waals surface area contributed by atoms with Gasteiger partial charge in [-0.15, -0.1) is 0 Å². The van der Waals surface area contributed by atoms with Crippen molar-refractivity contribution < 1.29 is 4.79 Å². The van der Waals surface area contributed by atoms with Crippen LogP contribution in [0.2, 0.25) is 15.1 Å². The molecule has 1 N–H and O–H groups in total. The van der Waals surface area contributed by atoms with E-state index in [0.717, 1.165) is 5.56 Å². The zero-order chi connectivity index (χ0) is 19.6. The summed E-state index contributed by atoms with van der Waals surface area (Å²) in [4.78, 5) is 12.4. The van der Waals surface area contributed by atoms with Gasteiger partial charge in [0.1, 0.15) is 0 Å². The van der Waals surface area contributed by atoms with Crippen LogP contribution in [0.5, 0.6) is 0 Å². The highest BCUT2D eigenvalue weighted by Gasteiger charge is 2.17. The van der Waals surface area contributed by atoms with E-state index >= 15 is 0 Å². The fourth-order valence-corrected chi connectivity index (χ4v) is 3.32. The maximum atomic E-state index is 12.4. The number of benzene rings is 1. The fraction of sp³-hybridized carbons (Fsp3) is 0.235. The number of halogens is 4. The van der Waals surface area contributed by atoms with Crippen molar-refractivity contribution in [2.45, 2.75) is 20.0 Å². The van der Waals surface area contributed by atoms with Gasteiger partial charge in [-0.2, -0.15) is 10.2 Å². The molecule has 0 saturated carbocycles. The third-order valence-electron chi connectivity index (χ3n) is 3.80. The summed E-state index contributed by atoms with van der Waals surface area (Å²) in [6, 6.07) is 5.40. The van der Waals surface area contributed by atoms with Gasteiger partial charge in [0.15, 0.2) is 5.82 Å². The molecule has 27 heavy (non-hydrogen) atoms. The largest absolute Gasteiger partial charge is 0.308 e. The van der Waals surface area contributed by atoms with Crippen molar-refractivity contribution in [1.29, 1.82) is 0 Å². The van der Waals surface area contributed by atoms with Crippen LogP contribution < -0.4 is 5.32 Å². The molecule has 6 nitrogen and oxygen atoms in total. The smallest absolute Gasteiger partial charge is 0.230 e. The summed E-state index contributed by atoms with van der Waals surface area (Å²) in [5, 5.41) is 12.8. The predicted octanol–water partition coefficient (Wildman–Crippen LogP) is 5.13. The summed E-state index contributed by atoms with van der Waals surface area (Å²) in [7, 11) is 0. The van der Waals surface area contributed by atoms with Gasteiger partial charge in [0.2, 0.25) is 5.91 Å². The number of aromatic nitrogens is 4. The van der Waals surface area contributed by atoms with E-state index in [-0.39, 0.29) is 11.8 Å². The van der Waals surface area contributed by atoms with Crippen LogP contribution in [-0.4, -0.2) is 25.5 Å². The van der Waals surface area contributed by atoms with Crippen LogP contribution in [0, 0.1) is 5.92 Å².